The summed E-state index contributed by atoms with van der Waals surface area (Å²) in [6.07, 6.45) is 8.57. The van der Waals surface area contributed by atoms with Crippen molar-refractivity contribution < 1.29 is 29.3 Å². The third-order valence-corrected chi connectivity index (χ3v) is 7.05. The molecule has 0 spiro atoms. The minimum atomic E-state index is -1.82. The topological polar surface area (TPSA) is 105 Å². The molecular formula is C21H28BrNO6. The number of ether oxygens (including phenoxy) is 2. The molecule has 4 saturated carbocycles. The van der Waals surface area contributed by atoms with E-state index < -0.39 is 11.9 Å². The van der Waals surface area contributed by atoms with E-state index in [4.69, 9.17) is 29.3 Å². The zero-order chi connectivity index (χ0) is 21.2. The van der Waals surface area contributed by atoms with Crippen LogP contribution in [0.15, 0.2) is 16.6 Å². The zero-order valence-electron chi connectivity index (χ0n) is 16.7. The molecule has 0 atom stereocenters. The van der Waals surface area contributed by atoms with Crippen molar-refractivity contribution in [2.45, 2.75) is 50.6 Å². The molecule has 5 rings (SSSR count). The first kappa shape index (κ1) is 21.9. The Morgan fingerprint density at radius 2 is 1.48 bits per heavy atom. The highest BCUT2D eigenvalue weighted by Gasteiger charge is 2.50. The second-order valence-electron chi connectivity index (χ2n) is 8.46. The average Bonchev–Trinajstić information content (AvgIpc) is 2.66. The van der Waals surface area contributed by atoms with Crippen molar-refractivity contribution in [1.29, 1.82) is 0 Å². The minimum absolute atomic E-state index is 0.381. The molecule has 8 heteroatoms. The molecule has 1 aromatic carbocycles. The molecule has 0 unspecified atom stereocenters. The van der Waals surface area contributed by atoms with Crippen LogP contribution < -0.4 is 14.8 Å². The molecule has 0 saturated heterocycles. The van der Waals surface area contributed by atoms with Crippen molar-refractivity contribution in [3.63, 3.8) is 0 Å². The van der Waals surface area contributed by atoms with E-state index in [1.54, 1.807) is 14.2 Å². The lowest BCUT2D eigenvalue weighted by molar-refractivity contribution is -0.159. The molecule has 29 heavy (non-hydrogen) atoms. The summed E-state index contributed by atoms with van der Waals surface area (Å²) < 4.78 is 11.9. The lowest BCUT2D eigenvalue weighted by Gasteiger charge is -2.57. The number of hydrogen-bond donors (Lipinski definition) is 3. The Bertz CT molecular complexity index is 733. The predicted octanol–water partition coefficient (Wildman–Crippen LogP) is 3.68. The third-order valence-electron chi connectivity index (χ3n) is 6.43. The normalized spacial score (nSPS) is 29.0. The van der Waals surface area contributed by atoms with Gasteiger partial charge in [0.2, 0.25) is 0 Å². The van der Waals surface area contributed by atoms with Gasteiger partial charge in [0.1, 0.15) is 11.5 Å². The lowest BCUT2D eigenvalue weighted by atomic mass is 9.53. The molecule has 4 aliphatic carbocycles. The van der Waals surface area contributed by atoms with Gasteiger partial charge in [-0.1, -0.05) is 0 Å². The van der Waals surface area contributed by atoms with Gasteiger partial charge in [-0.15, -0.1) is 0 Å². The van der Waals surface area contributed by atoms with E-state index in [1.807, 2.05) is 6.07 Å². The van der Waals surface area contributed by atoms with E-state index in [0.29, 0.717) is 5.54 Å². The summed E-state index contributed by atoms with van der Waals surface area (Å²) in [4.78, 5) is 18.2. The summed E-state index contributed by atoms with van der Waals surface area (Å²) in [6.45, 7) is 0.873. The van der Waals surface area contributed by atoms with Crippen molar-refractivity contribution in [2.75, 3.05) is 14.2 Å². The Morgan fingerprint density at radius 1 is 1.00 bits per heavy atom. The molecule has 160 valence electrons. The van der Waals surface area contributed by atoms with Gasteiger partial charge < -0.3 is 25.0 Å². The van der Waals surface area contributed by atoms with Gasteiger partial charge in [-0.25, -0.2) is 9.59 Å². The summed E-state index contributed by atoms with van der Waals surface area (Å²) >= 11 is 3.60. The number of carbonyl (C=O) groups is 2. The zero-order valence-corrected chi connectivity index (χ0v) is 18.3. The molecule has 7 nitrogen and oxygen atoms in total. The van der Waals surface area contributed by atoms with Crippen molar-refractivity contribution >= 4 is 27.9 Å². The molecule has 0 aliphatic heterocycles. The Morgan fingerprint density at radius 3 is 1.90 bits per heavy atom. The third kappa shape index (κ3) is 5.04. The number of aliphatic carboxylic acids is 2. The average molecular weight is 470 g/mol. The maximum absolute atomic E-state index is 9.10. The monoisotopic (exact) mass is 469 g/mol. The van der Waals surface area contributed by atoms with E-state index in [0.717, 1.165) is 40.3 Å². The van der Waals surface area contributed by atoms with Crippen LogP contribution in [0.1, 0.15) is 44.1 Å². The summed E-state index contributed by atoms with van der Waals surface area (Å²) in [5, 5.41) is 18.7. The molecule has 1 aromatic rings. The van der Waals surface area contributed by atoms with Crippen molar-refractivity contribution in [3.8, 4) is 11.5 Å². The van der Waals surface area contributed by atoms with Gasteiger partial charge in [0.15, 0.2) is 0 Å². The van der Waals surface area contributed by atoms with Gasteiger partial charge >= 0.3 is 11.9 Å². The SMILES string of the molecule is COc1cc(OC)c(CNC23CC4CC(CC(C4)C2)C3)cc1Br.O=C(O)C(=O)O. The number of benzene rings is 1. The summed E-state index contributed by atoms with van der Waals surface area (Å²) in [6, 6.07) is 4.10. The smallest absolute Gasteiger partial charge is 0.414 e. The number of carboxylic acids is 2. The lowest BCUT2D eigenvalue weighted by Crippen LogP contribution is -2.58. The van der Waals surface area contributed by atoms with Crippen LogP contribution in [0.5, 0.6) is 11.5 Å². The van der Waals surface area contributed by atoms with E-state index >= 15 is 0 Å². The fourth-order valence-electron chi connectivity index (χ4n) is 5.67. The molecule has 0 radical (unpaired) electrons. The Labute approximate surface area is 178 Å². The Hall–Kier alpha value is -1.80. The Kier molecular flexibility index (Phi) is 6.73. The van der Waals surface area contributed by atoms with Crippen molar-refractivity contribution in [3.05, 3.63) is 22.2 Å². The number of methoxy groups -OCH3 is 2. The van der Waals surface area contributed by atoms with Crippen LogP contribution in [0.2, 0.25) is 0 Å². The van der Waals surface area contributed by atoms with Crippen molar-refractivity contribution in [2.24, 2.45) is 17.8 Å². The molecule has 0 amide bonds. The van der Waals surface area contributed by atoms with E-state index in [2.05, 4.69) is 27.3 Å². The van der Waals surface area contributed by atoms with Crippen LogP contribution in [-0.2, 0) is 16.1 Å². The van der Waals surface area contributed by atoms with Crippen LogP contribution in [0.3, 0.4) is 0 Å². The van der Waals surface area contributed by atoms with E-state index in [-0.39, 0.29) is 0 Å². The van der Waals surface area contributed by atoms with Gasteiger partial charge in [-0.2, -0.15) is 0 Å². The second-order valence-corrected chi connectivity index (χ2v) is 9.31. The van der Waals surface area contributed by atoms with E-state index in [9.17, 15) is 0 Å². The Balaban J connectivity index is 0.000000353. The molecule has 0 heterocycles. The number of rotatable bonds is 5. The number of hydrogen-bond acceptors (Lipinski definition) is 5. The van der Waals surface area contributed by atoms with Crippen LogP contribution in [0.25, 0.3) is 0 Å². The van der Waals surface area contributed by atoms with Crippen molar-refractivity contribution in [1.82, 2.24) is 5.32 Å². The van der Waals surface area contributed by atoms with Gasteiger partial charge in [0.05, 0.1) is 18.7 Å². The van der Waals surface area contributed by atoms with E-state index in [1.165, 1.54) is 44.1 Å². The molecular weight excluding hydrogens is 442 g/mol. The maximum Gasteiger partial charge on any atom is 0.414 e. The maximum atomic E-state index is 9.10. The minimum Gasteiger partial charge on any atom is -0.496 e. The molecule has 3 N–H and O–H groups in total. The van der Waals surface area contributed by atoms with Crippen LogP contribution in [-0.4, -0.2) is 41.9 Å². The highest BCUT2D eigenvalue weighted by molar-refractivity contribution is 9.10. The summed E-state index contributed by atoms with van der Waals surface area (Å²) in [5.41, 5.74) is 1.59. The van der Waals surface area contributed by atoms with Gasteiger partial charge in [0, 0.05) is 23.7 Å². The van der Waals surface area contributed by atoms with Gasteiger partial charge in [-0.3, -0.25) is 0 Å². The first-order valence-corrected chi connectivity index (χ1v) is 10.7. The first-order chi connectivity index (χ1) is 13.7. The number of nitrogens with one attached hydrogen (secondary N) is 1. The quantitative estimate of drug-likeness (QED) is 0.564. The van der Waals surface area contributed by atoms with Gasteiger partial charge in [0.25, 0.3) is 0 Å². The van der Waals surface area contributed by atoms with Crippen LogP contribution >= 0.6 is 15.9 Å². The summed E-state index contributed by atoms with van der Waals surface area (Å²) in [7, 11) is 3.42. The molecule has 4 aliphatic rings. The number of halogens is 1. The second kappa shape index (κ2) is 8.92. The van der Waals surface area contributed by atoms with Gasteiger partial charge in [-0.05, 0) is 78.3 Å². The summed E-state index contributed by atoms with van der Waals surface area (Å²) in [5.74, 6) is 0.988. The molecule has 0 aromatic heterocycles. The van der Waals surface area contributed by atoms with Crippen LogP contribution in [0.4, 0.5) is 0 Å². The standard InChI is InChI=1S/C19H26BrNO2.C2H2O4/c1-22-17-7-18(23-2)16(20)6-15(17)11-21-19-8-12-3-13(9-19)5-14(4-12)10-19;3-1(4)2(5)6/h6-7,12-14,21H,3-5,8-11H2,1-2H3;(H,3,4)(H,5,6). The first-order valence-electron chi connectivity index (χ1n) is 9.87. The largest absolute Gasteiger partial charge is 0.496 e. The van der Waals surface area contributed by atoms with Crippen LogP contribution in [0, 0.1) is 17.8 Å². The molecule has 4 fully saturated rings. The molecule has 4 bridgehead atoms. The number of carboxylic acid groups (broad SMARTS) is 2. The highest BCUT2D eigenvalue weighted by Crippen LogP contribution is 2.55. The highest BCUT2D eigenvalue weighted by atomic mass is 79.9. The fraction of sp³-hybridized carbons (Fsp3) is 0.619. The predicted molar refractivity (Wildman–Crippen MR) is 110 cm³/mol. The fourth-order valence-corrected chi connectivity index (χ4v) is 6.22.